The molecule has 1 aliphatic carbocycles. The third kappa shape index (κ3) is 3.09. The van der Waals surface area contributed by atoms with E-state index < -0.39 is 0 Å². The number of hydrogen-bond donors (Lipinski definition) is 1. The van der Waals surface area contributed by atoms with E-state index in [9.17, 15) is 4.79 Å². The van der Waals surface area contributed by atoms with Crippen molar-refractivity contribution in [1.29, 1.82) is 0 Å². The lowest BCUT2D eigenvalue weighted by Crippen LogP contribution is -2.22. The number of carbonyl (C=O) groups excluding carboxylic acids is 1. The molecule has 0 radical (unpaired) electrons. The van der Waals surface area contributed by atoms with Crippen LogP contribution in [0.4, 0.5) is 5.95 Å². The monoisotopic (exact) mass is 335 g/mol. The van der Waals surface area contributed by atoms with E-state index in [1.807, 2.05) is 41.8 Å². The van der Waals surface area contributed by atoms with Crippen molar-refractivity contribution >= 4 is 22.9 Å². The second-order valence-electron chi connectivity index (χ2n) is 6.29. The fraction of sp³-hybridized carbons (Fsp3) is 0.300. The summed E-state index contributed by atoms with van der Waals surface area (Å²) in [6.45, 7) is 2.75. The van der Waals surface area contributed by atoms with E-state index in [-0.39, 0.29) is 12.5 Å². The van der Waals surface area contributed by atoms with Crippen LogP contribution in [0.5, 0.6) is 5.75 Å². The Hall–Kier alpha value is -2.82. The summed E-state index contributed by atoms with van der Waals surface area (Å²) in [4.78, 5) is 16.8. The van der Waals surface area contributed by atoms with Gasteiger partial charge in [0.15, 0.2) is 6.61 Å². The van der Waals surface area contributed by atoms with Crippen molar-refractivity contribution < 1.29 is 9.53 Å². The van der Waals surface area contributed by atoms with Gasteiger partial charge in [-0.25, -0.2) is 4.98 Å². The van der Waals surface area contributed by atoms with Gasteiger partial charge in [-0.2, -0.15) is 0 Å². The smallest absolute Gasteiger partial charge is 0.264 e. The second kappa shape index (κ2) is 6.59. The molecule has 25 heavy (non-hydrogen) atoms. The van der Waals surface area contributed by atoms with Gasteiger partial charge in [-0.05, 0) is 61.6 Å². The van der Waals surface area contributed by atoms with Gasteiger partial charge >= 0.3 is 0 Å². The highest BCUT2D eigenvalue weighted by atomic mass is 16.5. The number of anilines is 1. The van der Waals surface area contributed by atoms with E-state index in [4.69, 9.17) is 4.74 Å². The van der Waals surface area contributed by atoms with Gasteiger partial charge in [0.05, 0.1) is 11.0 Å². The number of aryl methyl sites for hydroxylation is 3. The first-order valence-electron chi connectivity index (χ1n) is 8.74. The standard InChI is InChI=1S/C20H21N3O2/c1-2-23-18-9-4-3-8-17(18)21-20(23)22-19(24)13-25-16-11-10-14-6-5-7-15(14)12-16/h3-4,8-12H,2,5-7,13H2,1H3,(H,21,22,24). The van der Waals surface area contributed by atoms with Crippen LogP contribution in [0.2, 0.25) is 0 Å². The van der Waals surface area contributed by atoms with Crippen molar-refractivity contribution in [2.45, 2.75) is 32.7 Å². The maximum atomic E-state index is 12.3. The fourth-order valence-electron chi connectivity index (χ4n) is 3.44. The van der Waals surface area contributed by atoms with Crippen LogP contribution in [-0.2, 0) is 24.2 Å². The Kier molecular flexibility index (Phi) is 4.14. The highest BCUT2D eigenvalue weighted by Crippen LogP contribution is 2.26. The number of rotatable bonds is 5. The van der Waals surface area contributed by atoms with Crippen molar-refractivity contribution in [3.8, 4) is 5.75 Å². The molecule has 5 nitrogen and oxygen atoms in total. The van der Waals surface area contributed by atoms with Crippen molar-refractivity contribution in [2.24, 2.45) is 0 Å². The molecule has 3 aromatic rings. The summed E-state index contributed by atoms with van der Waals surface area (Å²) in [5, 5.41) is 2.86. The van der Waals surface area contributed by atoms with Gasteiger partial charge in [0.25, 0.3) is 5.91 Å². The Balaban J connectivity index is 1.44. The molecule has 0 unspecified atom stereocenters. The number of aromatic nitrogens is 2. The summed E-state index contributed by atoms with van der Waals surface area (Å²) < 4.78 is 7.65. The number of para-hydroxylation sites is 2. The molecule has 5 heteroatoms. The zero-order valence-corrected chi connectivity index (χ0v) is 14.3. The van der Waals surface area contributed by atoms with E-state index in [0.717, 1.165) is 36.2 Å². The van der Waals surface area contributed by atoms with Crippen LogP contribution in [0.25, 0.3) is 11.0 Å². The average molecular weight is 335 g/mol. The number of hydrogen-bond acceptors (Lipinski definition) is 3. The first kappa shape index (κ1) is 15.7. The van der Waals surface area contributed by atoms with E-state index in [1.54, 1.807) is 0 Å². The van der Waals surface area contributed by atoms with Gasteiger partial charge in [0.2, 0.25) is 5.95 Å². The number of fused-ring (bicyclic) bond motifs is 2. The highest BCUT2D eigenvalue weighted by molar-refractivity contribution is 5.92. The SMILES string of the molecule is CCn1c(NC(=O)COc2ccc3c(c2)CCC3)nc2ccccc21. The average Bonchev–Trinajstić information content (AvgIpc) is 3.23. The number of benzene rings is 2. The van der Waals surface area contributed by atoms with Gasteiger partial charge in [-0.1, -0.05) is 18.2 Å². The molecule has 1 aliphatic rings. The van der Waals surface area contributed by atoms with Gasteiger partial charge < -0.3 is 9.30 Å². The molecule has 0 saturated carbocycles. The number of carbonyl (C=O) groups is 1. The Morgan fingerprint density at radius 2 is 2.04 bits per heavy atom. The van der Waals surface area contributed by atoms with E-state index >= 15 is 0 Å². The highest BCUT2D eigenvalue weighted by Gasteiger charge is 2.14. The number of nitrogens with zero attached hydrogens (tertiary/aromatic N) is 2. The van der Waals surface area contributed by atoms with Crippen molar-refractivity contribution in [1.82, 2.24) is 9.55 Å². The topological polar surface area (TPSA) is 56.2 Å². The molecule has 0 fully saturated rings. The first-order valence-corrected chi connectivity index (χ1v) is 8.74. The molecule has 128 valence electrons. The molecule has 4 rings (SSSR count). The lowest BCUT2D eigenvalue weighted by Gasteiger charge is -2.10. The lowest BCUT2D eigenvalue weighted by molar-refractivity contribution is -0.118. The summed E-state index contributed by atoms with van der Waals surface area (Å²) >= 11 is 0. The molecule has 0 aliphatic heterocycles. The minimum absolute atomic E-state index is 0.0221. The van der Waals surface area contributed by atoms with Crippen LogP contribution >= 0.6 is 0 Å². The largest absolute Gasteiger partial charge is 0.484 e. The predicted octanol–water partition coefficient (Wildman–Crippen LogP) is 3.56. The Labute approximate surface area is 146 Å². The quantitative estimate of drug-likeness (QED) is 0.775. The minimum atomic E-state index is -0.203. The molecule has 1 heterocycles. The predicted molar refractivity (Wildman–Crippen MR) is 98.0 cm³/mol. The number of ether oxygens (including phenoxy) is 1. The lowest BCUT2D eigenvalue weighted by atomic mass is 10.1. The van der Waals surface area contributed by atoms with Crippen molar-refractivity contribution in [3.63, 3.8) is 0 Å². The molecular weight excluding hydrogens is 314 g/mol. The van der Waals surface area contributed by atoms with Crippen LogP contribution in [0.1, 0.15) is 24.5 Å². The summed E-state index contributed by atoms with van der Waals surface area (Å²) in [6.07, 6.45) is 3.44. The minimum Gasteiger partial charge on any atom is -0.484 e. The molecule has 0 spiro atoms. The molecular formula is C20H21N3O2. The third-order valence-electron chi connectivity index (χ3n) is 4.66. The molecule has 0 saturated heterocycles. The third-order valence-corrected chi connectivity index (χ3v) is 4.66. The van der Waals surface area contributed by atoms with Crippen LogP contribution in [0.3, 0.4) is 0 Å². The van der Waals surface area contributed by atoms with Crippen molar-refractivity contribution in [3.05, 3.63) is 53.6 Å². The maximum Gasteiger partial charge on any atom is 0.264 e. The maximum absolute atomic E-state index is 12.3. The van der Waals surface area contributed by atoms with E-state index in [1.165, 1.54) is 17.5 Å². The zero-order chi connectivity index (χ0) is 17.2. The summed E-state index contributed by atoms with van der Waals surface area (Å²) in [5.41, 5.74) is 4.62. The van der Waals surface area contributed by atoms with Crippen LogP contribution < -0.4 is 10.1 Å². The fourth-order valence-corrected chi connectivity index (χ4v) is 3.44. The molecule has 1 amide bonds. The Morgan fingerprint density at radius 3 is 2.92 bits per heavy atom. The van der Waals surface area contributed by atoms with Gasteiger partial charge in [0.1, 0.15) is 5.75 Å². The molecule has 0 atom stereocenters. The summed E-state index contributed by atoms with van der Waals surface area (Å²) in [5.74, 6) is 1.11. The second-order valence-corrected chi connectivity index (χ2v) is 6.29. The summed E-state index contributed by atoms with van der Waals surface area (Å²) in [7, 11) is 0. The molecule has 0 bridgehead atoms. The normalized spacial score (nSPS) is 13.0. The number of amides is 1. The zero-order valence-electron chi connectivity index (χ0n) is 14.3. The number of nitrogens with one attached hydrogen (secondary N) is 1. The van der Waals surface area contributed by atoms with Crippen LogP contribution in [-0.4, -0.2) is 22.1 Å². The summed E-state index contributed by atoms with van der Waals surface area (Å²) in [6, 6.07) is 14.0. The van der Waals surface area contributed by atoms with E-state index in [0.29, 0.717) is 5.95 Å². The van der Waals surface area contributed by atoms with Crippen LogP contribution in [0.15, 0.2) is 42.5 Å². The van der Waals surface area contributed by atoms with Crippen LogP contribution in [0, 0.1) is 0 Å². The first-order chi connectivity index (χ1) is 12.2. The van der Waals surface area contributed by atoms with Gasteiger partial charge in [0, 0.05) is 6.54 Å². The van der Waals surface area contributed by atoms with E-state index in [2.05, 4.69) is 22.4 Å². The van der Waals surface area contributed by atoms with Gasteiger partial charge in [-0.3, -0.25) is 10.1 Å². The number of imidazole rings is 1. The van der Waals surface area contributed by atoms with Gasteiger partial charge in [-0.15, -0.1) is 0 Å². The molecule has 1 N–H and O–H groups in total. The Morgan fingerprint density at radius 1 is 1.20 bits per heavy atom. The molecule has 2 aromatic carbocycles. The molecule has 1 aromatic heterocycles. The Bertz CT molecular complexity index is 930. The van der Waals surface area contributed by atoms with Crippen molar-refractivity contribution in [2.75, 3.05) is 11.9 Å².